The molecular formula is C26H20FN3O4S. The zero-order valence-corrected chi connectivity index (χ0v) is 19.2. The minimum absolute atomic E-state index is 0.0453. The molecule has 0 aliphatic carbocycles. The number of amides is 1. The first-order chi connectivity index (χ1) is 16.9. The van der Waals surface area contributed by atoms with Crippen LogP contribution in [0.2, 0.25) is 0 Å². The first kappa shape index (κ1) is 21.9. The van der Waals surface area contributed by atoms with Crippen molar-refractivity contribution < 1.29 is 18.9 Å². The number of carbonyl (C=O) groups is 2. The highest BCUT2D eigenvalue weighted by Gasteiger charge is 2.69. The van der Waals surface area contributed by atoms with Gasteiger partial charge in [0.05, 0.1) is 10.8 Å². The molecule has 0 unspecified atom stereocenters. The fourth-order valence-electron chi connectivity index (χ4n) is 6.02. The van der Waals surface area contributed by atoms with E-state index in [4.69, 9.17) is 0 Å². The van der Waals surface area contributed by atoms with E-state index < -0.39 is 28.1 Å². The van der Waals surface area contributed by atoms with E-state index in [9.17, 15) is 24.1 Å². The maximum Gasteiger partial charge on any atom is 0.269 e. The Balaban J connectivity index is 1.60. The molecule has 0 radical (unpaired) electrons. The van der Waals surface area contributed by atoms with Gasteiger partial charge in [-0.25, -0.2) is 4.39 Å². The molecule has 0 bridgehead atoms. The molecule has 1 amide bonds. The molecule has 4 atom stereocenters. The number of hydrogen-bond donors (Lipinski definition) is 1. The van der Waals surface area contributed by atoms with Gasteiger partial charge in [0.25, 0.3) is 5.69 Å². The molecule has 35 heavy (non-hydrogen) atoms. The maximum atomic E-state index is 14.5. The van der Waals surface area contributed by atoms with E-state index in [2.05, 4.69) is 5.32 Å². The van der Waals surface area contributed by atoms with Gasteiger partial charge in [0.15, 0.2) is 5.78 Å². The van der Waals surface area contributed by atoms with Gasteiger partial charge in [0.1, 0.15) is 11.4 Å². The van der Waals surface area contributed by atoms with Crippen LogP contribution >= 0.6 is 11.8 Å². The van der Waals surface area contributed by atoms with Crippen molar-refractivity contribution in [3.63, 3.8) is 0 Å². The van der Waals surface area contributed by atoms with Crippen molar-refractivity contribution in [1.29, 1.82) is 0 Å². The van der Waals surface area contributed by atoms with Gasteiger partial charge in [-0.15, -0.1) is 11.8 Å². The molecule has 3 heterocycles. The smallest absolute Gasteiger partial charge is 0.269 e. The van der Waals surface area contributed by atoms with Gasteiger partial charge < -0.3 is 5.32 Å². The van der Waals surface area contributed by atoms with Crippen molar-refractivity contribution >= 4 is 34.8 Å². The van der Waals surface area contributed by atoms with Crippen molar-refractivity contribution in [2.45, 2.75) is 17.5 Å². The number of fused-ring (bicyclic) bond motifs is 4. The Morgan fingerprint density at radius 3 is 2.57 bits per heavy atom. The molecule has 3 aromatic carbocycles. The second kappa shape index (κ2) is 8.00. The van der Waals surface area contributed by atoms with E-state index in [1.54, 1.807) is 54.2 Å². The number of benzene rings is 3. The lowest BCUT2D eigenvalue weighted by Gasteiger charge is -2.36. The molecular weight excluding hydrogens is 469 g/mol. The van der Waals surface area contributed by atoms with Crippen LogP contribution < -0.4 is 5.32 Å². The number of carbonyl (C=O) groups excluding carboxylic acids is 2. The number of nitro groups is 1. The number of nitrogens with zero attached hydrogens (tertiary/aromatic N) is 2. The summed E-state index contributed by atoms with van der Waals surface area (Å²) in [7, 11) is 0. The minimum atomic E-state index is -1.38. The Hall–Kier alpha value is -3.56. The molecule has 7 nitrogen and oxygen atoms in total. The van der Waals surface area contributed by atoms with Crippen LogP contribution in [0.4, 0.5) is 15.8 Å². The average Bonchev–Trinajstić information content (AvgIpc) is 3.53. The van der Waals surface area contributed by atoms with Crippen LogP contribution in [-0.2, 0) is 10.3 Å². The summed E-state index contributed by atoms with van der Waals surface area (Å²) < 4.78 is 14.5. The topological polar surface area (TPSA) is 92.5 Å². The van der Waals surface area contributed by atoms with E-state index in [0.29, 0.717) is 28.4 Å². The Morgan fingerprint density at radius 2 is 1.86 bits per heavy atom. The van der Waals surface area contributed by atoms with Crippen LogP contribution in [0, 0.1) is 21.8 Å². The van der Waals surface area contributed by atoms with Gasteiger partial charge in [-0.3, -0.25) is 24.6 Å². The number of Topliss-reactive ketones (excluding diaryl/α,β-unsaturated/α-hetero) is 1. The molecule has 9 heteroatoms. The van der Waals surface area contributed by atoms with Gasteiger partial charge in [-0.05, 0) is 23.8 Å². The Labute approximate surface area is 204 Å². The van der Waals surface area contributed by atoms with Gasteiger partial charge in [0.2, 0.25) is 5.91 Å². The predicted octanol–water partition coefficient (Wildman–Crippen LogP) is 4.55. The quantitative estimate of drug-likeness (QED) is 0.328. The van der Waals surface area contributed by atoms with Crippen LogP contribution in [0.15, 0.2) is 72.8 Å². The number of hydrogen-bond acceptors (Lipinski definition) is 6. The summed E-state index contributed by atoms with van der Waals surface area (Å²) in [6, 6.07) is 19.0. The summed E-state index contributed by atoms with van der Waals surface area (Å²) in [4.78, 5) is 40.9. The molecule has 1 spiro atoms. The SMILES string of the molecule is O=C(c1ccccc1)[C@@H]1[C@H](c2ccc([N+](=O)[O-])cc2)[C@H]2CSCN2[C@@]12C(=O)Nc1ccc(F)cc12. The fraction of sp³-hybridized carbons (Fsp3) is 0.231. The molecule has 6 rings (SSSR count). The lowest BCUT2D eigenvalue weighted by atomic mass is 9.69. The van der Waals surface area contributed by atoms with Crippen molar-refractivity contribution in [3.05, 3.63) is 105 Å². The summed E-state index contributed by atoms with van der Waals surface area (Å²) in [5.74, 6) is -1.10. The average molecular weight is 490 g/mol. The van der Waals surface area contributed by atoms with E-state index in [0.717, 1.165) is 5.56 Å². The van der Waals surface area contributed by atoms with Crippen molar-refractivity contribution in [2.24, 2.45) is 5.92 Å². The lowest BCUT2D eigenvalue weighted by Crippen LogP contribution is -2.52. The highest BCUT2D eigenvalue weighted by Crippen LogP contribution is 2.61. The molecule has 3 aliphatic heterocycles. The number of ketones is 1. The zero-order chi connectivity index (χ0) is 24.3. The summed E-state index contributed by atoms with van der Waals surface area (Å²) in [5, 5.41) is 14.1. The van der Waals surface area contributed by atoms with Crippen molar-refractivity contribution in [2.75, 3.05) is 16.9 Å². The molecule has 0 saturated carbocycles. The van der Waals surface area contributed by atoms with Crippen LogP contribution in [0.1, 0.15) is 27.4 Å². The van der Waals surface area contributed by atoms with Crippen molar-refractivity contribution in [1.82, 2.24) is 4.90 Å². The number of rotatable bonds is 4. The van der Waals surface area contributed by atoms with Gasteiger partial charge in [-0.2, -0.15) is 0 Å². The van der Waals surface area contributed by atoms with Gasteiger partial charge >= 0.3 is 0 Å². The second-order valence-corrected chi connectivity index (χ2v) is 10.0. The molecule has 2 saturated heterocycles. The Bertz CT molecular complexity index is 1370. The Kier molecular flexibility index (Phi) is 5.01. The van der Waals surface area contributed by atoms with E-state index in [1.807, 2.05) is 11.0 Å². The number of nitro benzene ring substituents is 1. The summed E-state index contributed by atoms with van der Waals surface area (Å²) in [6.45, 7) is 0. The fourth-order valence-corrected chi connectivity index (χ4v) is 7.35. The molecule has 176 valence electrons. The third-order valence-corrected chi connectivity index (χ3v) is 8.45. The monoisotopic (exact) mass is 489 g/mol. The third kappa shape index (κ3) is 3.08. The summed E-state index contributed by atoms with van der Waals surface area (Å²) >= 11 is 1.66. The van der Waals surface area contributed by atoms with Gasteiger partial charge in [-0.1, -0.05) is 42.5 Å². The molecule has 3 aliphatic rings. The van der Waals surface area contributed by atoms with Crippen molar-refractivity contribution in [3.8, 4) is 0 Å². The maximum absolute atomic E-state index is 14.5. The second-order valence-electron chi connectivity index (χ2n) is 9.03. The normalized spacial score (nSPS) is 27.0. The van der Waals surface area contributed by atoms with Crippen LogP contribution in [-0.4, -0.2) is 39.2 Å². The lowest BCUT2D eigenvalue weighted by molar-refractivity contribution is -0.384. The van der Waals surface area contributed by atoms with Crippen LogP contribution in [0.3, 0.4) is 0 Å². The minimum Gasteiger partial charge on any atom is -0.324 e. The number of non-ortho nitro benzene ring substituents is 1. The number of halogens is 1. The number of anilines is 1. The highest BCUT2D eigenvalue weighted by atomic mass is 32.2. The highest BCUT2D eigenvalue weighted by molar-refractivity contribution is 7.99. The Morgan fingerprint density at radius 1 is 1.11 bits per heavy atom. The van der Waals surface area contributed by atoms with E-state index in [-0.39, 0.29) is 23.4 Å². The number of nitrogens with one attached hydrogen (secondary N) is 1. The first-order valence-corrected chi connectivity index (χ1v) is 12.4. The number of thioether (sulfide) groups is 1. The zero-order valence-electron chi connectivity index (χ0n) is 18.4. The molecule has 1 N–H and O–H groups in total. The first-order valence-electron chi connectivity index (χ1n) is 11.2. The van der Waals surface area contributed by atoms with Crippen LogP contribution in [0.5, 0.6) is 0 Å². The summed E-state index contributed by atoms with van der Waals surface area (Å²) in [5.41, 5.74) is 0.754. The molecule has 0 aromatic heterocycles. The molecule has 2 fully saturated rings. The summed E-state index contributed by atoms with van der Waals surface area (Å²) in [6.07, 6.45) is 0. The van der Waals surface area contributed by atoms with E-state index in [1.165, 1.54) is 24.3 Å². The van der Waals surface area contributed by atoms with E-state index >= 15 is 0 Å². The third-order valence-electron chi connectivity index (χ3n) is 7.41. The standard InChI is InChI=1S/C26H20FN3O4S/c27-17-8-11-20-19(12-17)26(25(32)28-20)23(24(31)16-4-2-1-3-5-16)22(21-13-35-14-29(21)26)15-6-9-18(10-7-15)30(33)34/h1-12,21-23H,13-14H2,(H,28,32)/t21-,22-,23+,26-/m1/s1. The van der Waals surface area contributed by atoms with Gasteiger partial charge in [0, 0.05) is 52.5 Å². The largest absolute Gasteiger partial charge is 0.324 e. The predicted molar refractivity (Wildman–Crippen MR) is 130 cm³/mol. The molecule has 3 aromatic rings. The van der Waals surface area contributed by atoms with Crippen LogP contribution in [0.25, 0.3) is 0 Å².